The summed E-state index contributed by atoms with van der Waals surface area (Å²) >= 11 is 0. The summed E-state index contributed by atoms with van der Waals surface area (Å²) in [6, 6.07) is 5.97. The van der Waals surface area contributed by atoms with Gasteiger partial charge in [-0.2, -0.15) is 0 Å². The number of fused-ring (bicyclic) bond motifs is 1. The monoisotopic (exact) mass is 338 g/mol. The lowest BCUT2D eigenvalue weighted by Gasteiger charge is -2.26. The molecule has 0 bridgehead atoms. The van der Waals surface area contributed by atoms with Crippen molar-refractivity contribution in [2.45, 2.75) is 26.9 Å². The number of amides is 1. The molecule has 0 unspecified atom stereocenters. The molecule has 0 N–H and O–H groups in total. The average molecular weight is 338 g/mol. The van der Waals surface area contributed by atoms with Crippen LogP contribution in [0.25, 0.3) is 0 Å². The number of morpholine rings is 1. The van der Waals surface area contributed by atoms with Gasteiger partial charge in [0.25, 0.3) is 5.91 Å². The van der Waals surface area contributed by atoms with Crippen molar-refractivity contribution >= 4 is 11.9 Å². The number of anilines is 1. The predicted octanol–water partition coefficient (Wildman–Crippen LogP) is 2.09. The molecule has 3 heterocycles. The number of hydrogen-bond donors (Lipinski definition) is 0. The smallest absolute Gasteiger partial charge is 0.254 e. The summed E-state index contributed by atoms with van der Waals surface area (Å²) in [4.78, 5) is 26.0. The van der Waals surface area contributed by atoms with Crippen LogP contribution in [0.2, 0.25) is 0 Å². The number of carbonyl (C=O) groups excluding carboxylic acids is 1. The van der Waals surface area contributed by atoms with Gasteiger partial charge in [0.05, 0.1) is 25.5 Å². The molecule has 4 rings (SSSR count). The summed E-state index contributed by atoms with van der Waals surface area (Å²) in [5, 5.41) is 0. The zero-order valence-electron chi connectivity index (χ0n) is 14.7. The number of benzene rings is 1. The Morgan fingerprint density at radius 3 is 2.52 bits per heavy atom. The molecule has 0 radical (unpaired) electrons. The standard InChI is InChI=1S/C19H22N4O2/c1-13-7-14(2)9-15(8-13)18(24)23-11-16-10-20-19(21-17(16)12-23)22-3-5-25-6-4-22/h7-10H,3-6,11-12H2,1-2H3. The minimum Gasteiger partial charge on any atom is -0.378 e. The molecule has 6 nitrogen and oxygen atoms in total. The fourth-order valence-electron chi connectivity index (χ4n) is 3.48. The van der Waals surface area contributed by atoms with Gasteiger partial charge in [-0.1, -0.05) is 17.2 Å². The molecular weight excluding hydrogens is 316 g/mol. The first kappa shape index (κ1) is 16.0. The van der Waals surface area contributed by atoms with Gasteiger partial charge in [0.15, 0.2) is 0 Å². The van der Waals surface area contributed by atoms with Crippen molar-refractivity contribution in [2.75, 3.05) is 31.2 Å². The van der Waals surface area contributed by atoms with E-state index in [1.165, 1.54) is 0 Å². The maximum absolute atomic E-state index is 12.9. The zero-order valence-corrected chi connectivity index (χ0v) is 14.7. The molecule has 2 aliphatic rings. The van der Waals surface area contributed by atoms with Crippen LogP contribution >= 0.6 is 0 Å². The van der Waals surface area contributed by atoms with E-state index in [-0.39, 0.29) is 5.91 Å². The Labute approximate surface area is 147 Å². The van der Waals surface area contributed by atoms with Crippen molar-refractivity contribution in [2.24, 2.45) is 0 Å². The topological polar surface area (TPSA) is 58.6 Å². The second-order valence-corrected chi connectivity index (χ2v) is 6.78. The number of nitrogens with zero attached hydrogens (tertiary/aromatic N) is 4. The molecule has 2 aliphatic heterocycles. The first-order valence-corrected chi connectivity index (χ1v) is 8.65. The average Bonchev–Trinajstić information content (AvgIpc) is 3.04. The first-order chi connectivity index (χ1) is 12.1. The molecule has 1 fully saturated rings. The van der Waals surface area contributed by atoms with Crippen molar-refractivity contribution in [1.29, 1.82) is 0 Å². The number of hydrogen-bond acceptors (Lipinski definition) is 5. The molecule has 0 atom stereocenters. The Hall–Kier alpha value is -2.47. The number of aromatic nitrogens is 2. The summed E-state index contributed by atoms with van der Waals surface area (Å²) in [7, 11) is 0. The van der Waals surface area contributed by atoms with E-state index >= 15 is 0 Å². The van der Waals surface area contributed by atoms with Crippen LogP contribution in [0.15, 0.2) is 24.4 Å². The zero-order chi connectivity index (χ0) is 17.4. The van der Waals surface area contributed by atoms with E-state index in [9.17, 15) is 4.79 Å². The van der Waals surface area contributed by atoms with E-state index in [0.717, 1.165) is 47.0 Å². The van der Waals surface area contributed by atoms with Crippen molar-refractivity contribution < 1.29 is 9.53 Å². The van der Waals surface area contributed by atoms with Gasteiger partial charge in [0.1, 0.15) is 0 Å². The van der Waals surface area contributed by atoms with Gasteiger partial charge in [-0.15, -0.1) is 0 Å². The molecular formula is C19H22N4O2. The molecule has 1 saturated heterocycles. The van der Waals surface area contributed by atoms with Crippen molar-refractivity contribution in [3.63, 3.8) is 0 Å². The van der Waals surface area contributed by atoms with Crippen molar-refractivity contribution in [3.8, 4) is 0 Å². The summed E-state index contributed by atoms with van der Waals surface area (Å²) in [6.07, 6.45) is 1.86. The van der Waals surface area contributed by atoms with Crippen LogP contribution in [0, 0.1) is 13.8 Å². The highest BCUT2D eigenvalue weighted by molar-refractivity contribution is 5.94. The molecule has 0 saturated carbocycles. The van der Waals surface area contributed by atoms with E-state index in [1.807, 2.05) is 37.1 Å². The fourth-order valence-corrected chi connectivity index (χ4v) is 3.48. The van der Waals surface area contributed by atoms with E-state index in [0.29, 0.717) is 26.3 Å². The molecule has 130 valence electrons. The number of aryl methyl sites for hydroxylation is 2. The van der Waals surface area contributed by atoms with Gasteiger partial charge in [-0.3, -0.25) is 4.79 Å². The van der Waals surface area contributed by atoms with Gasteiger partial charge >= 0.3 is 0 Å². The first-order valence-electron chi connectivity index (χ1n) is 8.65. The van der Waals surface area contributed by atoms with Crippen LogP contribution in [0.3, 0.4) is 0 Å². The van der Waals surface area contributed by atoms with Crippen molar-refractivity contribution in [1.82, 2.24) is 14.9 Å². The van der Waals surface area contributed by atoms with Gasteiger partial charge in [-0.25, -0.2) is 9.97 Å². The van der Waals surface area contributed by atoms with E-state index in [1.54, 1.807) is 0 Å². The minimum absolute atomic E-state index is 0.0534. The quantitative estimate of drug-likeness (QED) is 0.839. The summed E-state index contributed by atoms with van der Waals surface area (Å²) in [5.41, 5.74) is 4.94. The highest BCUT2D eigenvalue weighted by Crippen LogP contribution is 2.25. The van der Waals surface area contributed by atoms with Crippen LogP contribution in [0.1, 0.15) is 32.7 Å². The van der Waals surface area contributed by atoms with Gasteiger partial charge in [0, 0.05) is 37.0 Å². The highest BCUT2D eigenvalue weighted by Gasteiger charge is 2.27. The molecule has 2 aromatic rings. The number of rotatable bonds is 2. The Balaban J connectivity index is 1.53. The third-order valence-corrected chi connectivity index (χ3v) is 4.69. The predicted molar refractivity (Wildman–Crippen MR) is 94.6 cm³/mol. The minimum atomic E-state index is 0.0534. The molecule has 1 aromatic carbocycles. The Morgan fingerprint density at radius 1 is 1.08 bits per heavy atom. The lowest BCUT2D eigenvalue weighted by atomic mass is 10.1. The summed E-state index contributed by atoms with van der Waals surface area (Å²) < 4.78 is 5.38. The second kappa shape index (κ2) is 6.44. The van der Waals surface area contributed by atoms with E-state index in [4.69, 9.17) is 9.72 Å². The molecule has 0 aliphatic carbocycles. The lowest BCUT2D eigenvalue weighted by Crippen LogP contribution is -2.37. The maximum atomic E-state index is 12.9. The molecule has 0 spiro atoms. The molecule has 1 amide bonds. The summed E-state index contributed by atoms with van der Waals surface area (Å²) in [6.45, 7) is 8.18. The highest BCUT2D eigenvalue weighted by atomic mass is 16.5. The largest absolute Gasteiger partial charge is 0.378 e. The van der Waals surface area contributed by atoms with Gasteiger partial charge in [-0.05, 0) is 26.0 Å². The van der Waals surface area contributed by atoms with Crippen LogP contribution in [0.5, 0.6) is 0 Å². The van der Waals surface area contributed by atoms with Gasteiger partial charge < -0.3 is 14.5 Å². The third-order valence-electron chi connectivity index (χ3n) is 4.69. The number of carbonyl (C=O) groups is 1. The second-order valence-electron chi connectivity index (χ2n) is 6.78. The normalized spacial score (nSPS) is 16.9. The fraction of sp³-hybridized carbons (Fsp3) is 0.421. The van der Waals surface area contributed by atoms with Crippen LogP contribution in [-0.4, -0.2) is 47.1 Å². The van der Waals surface area contributed by atoms with E-state index < -0.39 is 0 Å². The Bertz CT molecular complexity index is 795. The number of ether oxygens (including phenoxy) is 1. The molecule has 25 heavy (non-hydrogen) atoms. The Kier molecular flexibility index (Phi) is 4.13. The third kappa shape index (κ3) is 3.22. The maximum Gasteiger partial charge on any atom is 0.254 e. The van der Waals surface area contributed by atoms with Crippen LogP contribution < -0.4 is 4.90 Å². The molecule has 1 aromatic heterocycles. The van der Waals surface area contributed by atoms with Gasteiger partial charge in [0.2, 0.25) is 5.95 Å². The Morgan fingerprint density at radius 2 is 1.80 bits per heavy atom. The van der Waals surface area contributed by atoms with E-state index in [2.05, 4.69) is 16.0 Å². The van der Waals surface area contributed by atoms with Crippen LogP contribution in [-0.2, 0) is 17.8 Å². The molecule has 6 heteroatoms. The summed E-state index contributed by atoms with van der Waals surface area (Å²) in [5.74, 6) is 0.792. The lowest BCUT2D eigenvalue weighted by molar-refractivity contribution is 0.0750. The van der Waals surface area contributed by atoms with Crippen LogP contribution in [0.4, 0.5) is 5.95 Å². The SMILES string of the molecule is Cc1cc(C)cc(C(=O)N2Cc3cnc(N4CCOCC4)nc3C2)c1. The van der Waals surface area contributed by atoms with Crippen molar-refractivity contribution in [3.05, 3.63) is 52.3 Å².